The molecule has 0 radical (unpaired) electrons. The Morgan fingerprint density at radius 3 is 2.70 bits per heavy atom. The highest BCUT2D eigenvalue weighted by Crippen LogP contribution is 2.30. The first-order valence-corrected chi connectivity index (χ1v) is 7.30. The van der Waals surface area contributed by atoms with Crippen molar-refractivity contribution in [3.8, 4) is 0 Å². The fourth-order valence-corrected chi connectivity index (χ4v) is 3.07. The molecule has 1 saturated heterocycles. The Kier molecular flexibility index (Phi) is 4.77. The van der Waals surface area contributed by atoms with Gasteiger partial charge < -0.3 is 15.2 Å². The number of nitrogens with zero attached hydrogens (tertiary/aromatic N) is 4. The smallest absolute Gasteiger partial charge is 0.148 e. The van der Waals surface area contributed by atoms with E-state index < -0.39 is 0 Å². The lowest BCUT2D eigenvalue weighted by Gasteiger charge is -2.24. The molecule has 6 heteroatoms. The molecule has 3 N–H and O–H groups in total. The number of aromatic nitrogens is 2. The fourth-order valence-electron chi connectivity index (χ4n) is 3.07. The maximum absolute atomic E-state index is 5.58. The average molecular weight is 278 g/mol. The fraction of sp³-hybridized carbons (Fsp3) is 0.714. The van der Waals surface area contributed by atoms with E-state index >= 15 is 0 Å². The van der Waals surface area contributed by atoms with Gasteiger partial charge in [0.25, 0.3) is 0 Å². The number of hydrogen-bond donors (Lipinski definition) is 2. The minimum Gasteiger partial charge on any atom is -0.354 e. The first-order valence-electron chi connectivity index (χ1n) is 7.30. The Bertz CT molecular complexity index is 447. The monoisotopic (exact) mass is 278 g/mol. The van der Waals surface area contributed by atoms with Gasteiger partial charge in [-0.3, -0.25) is 0 Å². The Hall–Kier alpha value is -1.40. The minimum absolute atomic E-state index is 0.564. The van der Waals surface area contributed by atoms with Gasteiger partial charge in [-0.15, -0.1) is 0 Å². The molecular formula is C14H26N6. The predicted molar refractivity (Wildman–Crippen MR) is 82.7 cm³/mol. The third-order valence-corrected chi connectivity index (χ3v) is 4.09. The third kappa shape index (κ3) is 2.86. The molecule has 2 rings (SSSR count). The molecule has 0 saturated carbocycles. The van der Waals surface area contributed by atoms with Crippen molar-refractivity contribution in [2.24, 2.45) is 11.8 Å². The molecule has 20 heavy (non-hydrogen) atoms. The summed E-state index contributed by atoms with van der Waals surface area (Å²) in [5, 5.41) is 0. The first kappa shape index (κ1) is 15.0. The van der Waals surface area contributed by atoms with Crippen LogP contribution in [0.25, 0.3) is 0 Å². The SMILES string of the molecule is CCCc1c(NN)ncnc1N1CC(C)C(N(C)C)C1. The quantitative estimate of drug-likeness (QED) is 0.621. The van der Waals surface area contributed by atoms with Crippen LogP contribution in [0.15, 0.2) is 6.33 Å². The molecule has 1 aromatic rings. The molecule has 1 aliphatic heterocycles. The largest absolute Gasteiger partial charge is 0.354 e. The average Bonchev–Trinajstić information content (AvgIpc) is 2.81. The van der Waals surface area contributed by atoms with Crippen LogP contribution in [0.4, 0.5) is 11.6 Å². The number of hydrogen-bond acceptors (Lipinski definition) is 6. The van der Waals surface area contributed by atoms with Crippen molar-refractivity contribution in [3.63, 3.8) is 0 Å². The second kappa shape index (κ2) is 6.37. The Morgan fingerprint density at radius 2 is 2.15 bits per heavy atom. The van der Waals surface area contributed by atoms with Crippen LogP contribution in [0.2, 0.25) is 0 Å². The number of hydrazine groups is 1. The van der Waals surface area contributed by atoms with Crippen molar-refractivity contribution in [3.05, 3.63) is 11.9 Å². The van der Waals surface area contributed by atoms with Gasteiger partial charge in [0.2, 0.25) is 0 Å². The summed E-state index contributed by atoms with van der Waals surface area (Å²) in [5.41, 5.74) is 3.83. The molecule has 2 atom stereocenters. The molecule has 1 aliphatic rings. The lowest BCUT2D eigenvalue weighted by Crippen LogP contribution is -2.34. The summed E-state index contributed by atoms with van der Waals surface area (Å²) in [5.74, 6) is 7.99. The zero-order valence-electron chi connectivity index (χ0n) is 12.9. The van der Waals surface area contributed by atoms with E-state index in [1.807, 2.05) is 0 Å². The highest BCUT2D eigenvalue weighted by atomic mass is 15.3. The number of rotatable bonds is 5. The van der Waals surface area contributed by atoms with Crippen molar-refractivity contribution < 1.29 is 0 Å². The van der Waals surface area contributed by atoms with Crippen molar-refractivity contribution in [1.29, 1.82) is 0 Å². The molecule has 0 aromatic carbocycles. The van der Waals surface area contributed by atoms with E-state index in [1.54, 1.807) is 6.33 Å². The zero-order valence-corrected chi connectivity index (χ0v) is 12.9. The van der Waals surface area contributed by atoms with E-state index in [1.165, 1.54) is 0 Å². The lowest BCUT2D eigenvalue weighted by atomic mass is 10.1. The van der Waals surface area contributed by atoms with Crippen molar-refractivity contribution in [2.45, 2.75) is 32.7 Å². The van der Waals surface area contributed by atoms with Crippen LogP contribution < -0.4 is 16.2 Å². The van der Waals surface area contributed by atoms with Gasteiger partial charge in [-0.05, 0) is 26.4 Å². The number of nitrogens with two attached hydrogens (primary N) is 1. The number of anilines is 2. The summed E-state index contributed by atoms with van der Waals surface area (Å²) in [4.78, 5) is 13.4. The molecule has 6 nitrogen and oxygen atoms in total. The Labute approximate surface area is 121 Å². The van der Waals surface area contributed by atoms with Gasteiger partial charge in [0.1, 0.15) is 18.0 Å². The van der Waals surface area contributed by atoms with Gasteiger partial charge in [-0.2, -0.15) is 0 Å². The summed E-state index contributed by atoms with van der Waals surface area (Å²) >= 11 is 0. The molecule has 0 amide bonds. The molecule has 0 bridgehead atoms. The number of nitrogens with one attached hydrogen (secondary N) is 1. The van der Waals surface area contributed by atoms with E-state index in [0.29, 0.717) is 12.0 Å². The summed E-state index contributed by atoms with van der Waals surface area (Å²) in [7, 11) is 4.29. The van der Waals surface area contributed by atoms with E-state index in [2.05, 4.69) is 53.1 Å². The molecule has 112 valence electrons. The van der Waals surface area contributed by atoms with Crippen LogP contribution in [-0.2, 0) is 6.42 Å². The van der Waals surface area contributed by atoms with Crippen LogP contribution in [0.1, 0.15) is 25.8 Å². The van der Waals surface area contributed by atoms with Crippen LogP contribution in [0, 0.1) is 5.92 Å². The summed E-state index contributed by atoms with van der Waals surface area (Å²) in [6.07, 6.45) is 3.58. The highest BCUT2D eigenvalue weighted by molar-refractivity contribution is 5.59. The molecule has 1 fully saturated rings. The molecular weight excluding hydrogens is 252 g/mol. The first-order chi connectivity index (χ1) is 9.58. The van der Waals surface area contributed by atoms with Crippen molar-refractivity contribution in [2.75, 3.05) is 37.5 Å². The van der Waals surface area contributed by atoms with E-state index in [9.17, 15) is 0 Å². The molecule has 0 spiro atoms. The van der Waals surface area contributed by atoms with Crippen molar-refractivity contribution in [1.82, 2.24) is 14.9 Å². The Balaban J connectivity index is 2.29. The van der Waals surface area contributed by atoms with Gasteiger partial charge in [0.05, 0.1) is 0 Å². The van der Waals surface area contributed by atoms with Crippen LogP contribution >= 0.6 is 0 Å². The highest BCUT2D eigenvalue weighted by Gasteiger charge is 2.33. The van der Waals surface area contributed by atoms with E-state index in [4.69, 9.17) is 5.84 Å². The maximum atomic E-state index is 5.58. The standard InChI is InChI=1S/C14H26N6/c1-5-6-11-13(18-15)16-9-17-14(11)20-7-10(2)12(8-20)19(3)4/h9-10,12H,5-8,15H2,1-4H3,(H,16,17,18). The van der Waals surface area contributed by atoms with Crippen LogP contribution in [0.3, 0.4) is 0 Å². The van der Waals surface area contributed by atoms with E-state index in [-0.39, 0.29) is 0 Å². The zero-order chi connectivity index (χ0) is 14.7. The molecule has 2 heterocycles. The lowest BCUT2D eigenvalue weighted by molar-refractivity contribution is 0.266. The van der Waals surface area contributed by atoms with Gasteiger partial charge in [0.15, 0.2) is 0 Å². The summed E-state index contributed by atoms with van der Waals surface area (Å²) in [6.45, 7) is 6.49. The van der Waals surface area contributed by atoms with Crippen LogP contribution in [0.5, 0.6) is 0 Å². The van der Waals surface area contributed by atoms with Gasteiger partial charge in [-0.1, -0.05) is 20.3 Å². The van der Waals surface area contributed by atoms with Gasteiger partial charge in [-0.25, -0.2) is 15.8 Å². The van der Waals surface area contributed by atoms with Crippen molar-refractivity contribution >= 4 is 11.6 Å². The number of nitrogen functional groups attached to an aromatic ring is 1. The summed E-state index contributed by atoms with van der Waals surface area (Å²) in [6, 6.07) is 0.564. The second-order valence-corrected chi connectivity index (χ2v) is 5.83. The second-order valence-electron chi connectivity index (χ2n) is 5.83. The van der Waals surface area contributed by atoms with Gasteiger partial charge >= 0.3 is 0 Å². The molecule has 2 unspecified atom stereocenters. The molecule has 1 aromatic heterocycles. The van der Waals surface area contributed by atoms with E-state index in [0.717, 1.165) is 43.1 Å². The minimum atomic E-state index is 0.564. The predicted octanol–water partition coefficient (Wildman–Crippen LogP) is 1.10. The Morgan fingerprint density at radius 1 is 1.40 bits per heavy atom. The number of likely N-dealkylation sites (N-methyl/N-ethyl adjacent to an activating group) is 1. The normalized spacial score (nSPS) is 22.6. The van der Waals surface area contributed by atoms with Gasteiger partial charge in [0, 0.05) is 24.7 Å². The summed E-state index contributed by atoms with van der Waals surface area (Å²) < 4.78 is 0. The maximum Gasteiger partial charge on any atom is 0.148 e. The topological polar surface area (TPSA) is 70.3 Å². The van der Waals surface area contributed by atoms with Crippen LogP contribution in [-0.4, -0.2) is 48.1 Å². The third-order valence-electron chi connectivity index (χ3n) is 4.09. The molecule has 0 aliphatic carbocycles.